The fraction of sp³-hybridized carbons (Fsp3) is 0. The lowest BCUT2D eigenvalue weighted by molar-refractivity contribution is -0.131. The van der Waals surface area contributed by atoms with Gasteiger partial charge >= 0.3 is 5.97 Å². The highest BCUT2D eigenvalue weighted by atomic mass is 32.1. The first-order chi connectivity index (χ1) is 8.66. The lowest BCUT2D eigenvalue weighted by atomic mass is 10.2. The Morgan fingerprint density at radius 1 is 1.33 bits per heavy atom. The number of aromatic nitrogens is 1. The molecule has 92 valence electrons. The summed E-state index contributed by atoms with van der Waals surface area (Å²) in [5.41, 5.74) is 0.580. The van der Waals surface area contributed by atoms with Crippen LogP contribution in [0.1, 0.15) is 15.2 Å². The summed E-state index contributed by atoms with van der Waals surface area (Å²) in [5, 5.41) is 15.2. The van der Waals surface area contributed by atoms with Crippen molar-refractivity contribution in [1.29, 1.82) is 0 Å². The number of aliphatic carboxylic acids is 1. The summed E-state index contributed by atoms with van der Waals surface area (Å²) in [7, 11) is 0. The van der Waals surface area contributed by atoms with Crippen LogP contribution in [0.2, 0.25) is 0 Å². The maximum Gasteiger partial charge on any atom is 0.328 e. The van der Waals surface area contributed by atoms with Gasteiger partial charge in [-0.3, -0.25) is 10.1 Å². The summed E-state index contributed by atoms with van der Waals surface area (Å²) in [6.07, 6.45) is 4.00. The Hall–Kier alpha value is -1.99. The molecule has 2 rings (SSSR count). The number of thiophene rings is 1. The molecule has 0 aliphatic rings. The van der Waals surface area contributed by atoms with E-state index in [0.717, 1.165) is 6.08 Å². The van der Waals surface area contributed by atoms with Gasteiger partial charge in [0.15, 0.2) is 5.13 Å². The molecule has 2 aromatic heterocycles. The van der Waals surface area contributed by atoms with Gasteiger partial charge in [-0.1, -0.05) is 0 Å². The molecule has 5 nitrogen and oxygen atoms in total. The van der Waals surface area contributed by atoms with Crippen molar-refractivity contribution in [3.63, 3.8) is 0 Å². The number of nitrogens with one attached hydrogen (secondary N) is 1. The third-order valence-corrected chi connectivity index (χ3v) is 3.58. The van der Waals surface area contributed by atoms with Crippen molar-refractivity contribution in [2.45, 2.75) is 0 Å². The summed E-state index contributed by atoms with van der Waals surface area (Å²) in [5.74, 6) is -1.34. The molecule has 2 heterocycles. The smallest absolute Gasteiger partial charge is 0.328 e. The second-order valence-electron chi connectivity index (χ2n) is 3.17. The van der Waals surface area contributed by atoms with Crippen molar-refractivity contribution < 1.29 is 14.7 Å². The molecule has 0 bridgehead atoms. The minimum absolute atomic E-state index is 0.287. The lowest BCUT2D eigenvalue weighted by Gasteiger charge is -2.00. The van der Waals surface area contributed by atoms with Crippen LogP contribution in [0, 0.1) is 0 Å². The number of hydrogen-bond donors (Lipinski definition) is 2. The Labute approximate surface area is 110 Å². The van der Waals surface area contributed by atoms with Crippen LogP contribution >= 0.6 is 22.7 Å². The molecule has 0 fully saturated rings. The van der Waals surface area contributed by atoms with Gasteiger partial charge in [-0.2, -0.15) is 0 Å². The van der Waals surface area contributed by atoms with Crippen LogP contribution in [0.3, 0.4) is 0 Å². The molecule has 18 heavy (non-hydrogen) atoms. The van der Waals surface area contributed by atoms with Crippen molar-refractivity contribution >= 4 is 45.8 Å². The fourth-order valence-corrected chi connectivity index (χ4v) is 2.54. The molecule has 0 saturated heterocycles. The number of carbonyl (C=O) groups is 2. The highest BCUT2D eigenvalue weighted by Crippen LogP contribution is 2.20. The number of thiazole rings is 1. The van der Waals surface area contributed by atoms with Crippen molar-refractivity contribution in [2.24, 2.45) is 0 Å². The molecule has 0 atom stereocenters. The van der Waals surface area contributed by atoms with Gasteiger partial charge in [0.25, 0.3) is 5.91 Å². The highest BCUT2D eigenvalue weighted by molar-refractivity contribution is 7.14. The monoisotopic (exact) mass is 280 g/mol. The molecule has 7 heteroatoms. The maximum absolute atomic E-state index is 11.9. The van der Waals surface area contributed by atoms with Crippen LogP contribution in [0.15, 0.2) is 29.1 Å². The van der Waals surface area contributed by atoms with Crippen LogP contribution in [-0.2, 0) is 4.79 Å². The first kappa shape index (κ1) is 12.5. The van der Waals surface area contributed by atoms with Gasteiger partial charge in [0.2, 0.25) is 0 Å². The molecular formula is C11H8N2O3S2. The molecule has 1 amide bonds. The number of carboxylic acids is 1. The SMILES string of the molecule is O=C(O)/C=C/c1ccsc1C(=O)Nc1nccs1. The summed E-state index contributed by atoms with van der Waals surface area (Å²) >= 11 is 2.57. The molecule has 0 radical (unpaired) electrons. The Kier molecular flexibility index (Phi) is 3.85. The number of carbonyl (C=O) groups excluding carboxylic acids is 1. The molecular weight excluding hydrogens is 272 g/mol. The van der Waals surface area contributed by atoms with Crippen LogP contribution in [0.5, 0.6) is 0 Å². The zero-order valence-electron chi connectivity index (χ0n) is 8.99. The predicted molar refractivity (Wildman–Crippen MR) is 71.1 cm³/mol. The highest BCUT2D eigenvalue weighted by Gasteiger charge is 2.12. The lowest BCUT2D eigenvalue weighted by Crippen LogP contribution is -2.10. The van der Waals surface area contributed by atoms with Crippen LogP contribution in [0.4, 0.5) is 5.13 Å². The van der Waals surface area contributed by atoms with Crippen LogP contribution < -0.4 is 5.32 Å². The van der Waals surface area contributed by atoms with E-state index in [1.54, 1.807) is 23.0 Å². The molecule has 0 aliphatic heterocycles. The minimum atomic E-state index is -1.05. The second kappa shape index (κ2) is 5.56. The van der Waals surface area contributed by atoms with E-state index >= 15 is 0 Å². The molecule has 0 aliphatic carbocycles. The van der Waals surface area contributed by atoms with Crippen molar-refractivity contribution in [3.05, 3.63) is 39.5 Å². The number of anilines is 1. The largest absolute Gasteiger partial charge is 0.478 e. The minimum Gasteiger partial charge on any atom is -0.478 e. The number of carboxylic acid groups (broad SMARTS) is 1. The summed E-state index contributed by atoms with van der Waals surface area (Å²) in [6.45, 7) is 0. The first-order valence-electron chi connectivity index (χ1n) is 4.86. The van der Waals surface area contributed by atoms with Crippen molar-refractivity contribution in [3.8, 4) is 0 Å². The van der Waals surface area contributed by atoms with Crippen LogP contribution in [0.25, 0.3) is 6.08 Å². The van der Waals surface area contributed by atoms with Gasteiger partial charge in [-0.15, -0.1) is 22.7 Å². The van der Waals surface area contributed by atoms with Crippen molar-refractivity contribution in [1.82, 2.24) is 4.98 Å². The predicted octanol–water partition coefficient (Wildman–Crippen LogP) is 2.55. The van der Waals surface area contributed by atoms with Gasteiger partial charge in [0.05, 0.1) is 4.88 Å². The fourth-order valence-electron chi connectivity index (χ4n) is 1.24. The number of amides is 1. The average Bonchev–Trinajstić information content (AvgIpc) is 2.96. The molecule has 0 unspecified atom stereocenters. The van der Waals surface area contributed by atoms with Crippen LogP contribution in [-0.4, -0.2) is 22.0 Å². The molecule has 0 spiro atoms. The number of hydrogen-bond acceptors (Lipinski definition) is 5. The van der Waals surface area contributed by atoms with Crippen molar-refractivity contribution in [2.75, 3.05) is 5.32 Å². The zero-order valence-corrected chi connectivity index (χ0v) is 10.6. The van der Waals surface area contributed by atoms with E-state index in [1.165, 1.54) is 28.7 Å². The Morgan fingerprint density at radius 3 is 2.83 bits per heavy atom. The third-order valence-electron chi connectivity index (χ3n) is 1.96. The number of rotatable bonds is 4. The summed E-state index contributed by atoms with van der Waals surface area (Å²) in [4.78, 5) is 26.8. The van der Waals surface area contributed by atoms with Gasteiger partial charge in [-0.05, 0) is 23.1 Å². The normalized spacial score (nSPS) is 10.7. The molecule has 2 aromatic rings. The Balaban J connectivity index is 2.16. The van der Waals surface area contributed by atoms with Gasteiger partial charge in [-0.25, -0.2) is 9.78 Å². The van der Waals surface area contributed by atoms with E-state index in [-0.39, 0.29) is 5.91 Å². The molecule has 2 N–H and O–H groups in total. The topological polar surface area (TPSA) is 79.3 Å². The van der Waals surface area contributed by atoms with E-state index in [0.29, 0.717) is 15.6 Å². The Bertz CT molecular complexity index is 587. The Morgan fingerprint density at radius 2 is 2.17 bits per heavy atom. The van der Waals surface area contributed by atoms with Gasteiger partial charge in [0, 0.05) is 17.7 Å². The maximum atomic E-state index is 11.9. The number of nitrogens with zero attached hydrogens (tertiary/aromatic N) is 1. The van der Waals surface area contributed by atoms with Gasteiger partial charge < -0.3 is 5.11 Å². The van der Waals surface area contributed by atoms with E-state index in [4.69, 9.17) is 5.11 Å². The van der Waals surface area contributed by atoms with Gasteiger partial charge in [0.1, 0.15) is 0 Å². The third kappa shape index (κ3) is 3.02. The molecule has 0 aromatic carbocycles. The second-order valence-corrected chi connectivity index (χ2v) is 4.98. The quantitative estimate of drug-likeness (QED) is 0.843. The first-order valence-corrected chi connectivity index (χ1v) is 6.62. The van der Waals surface area contributed by atoms with E-state index in [1.807, 2.05) is 0 Å². The van der Waals surface area contributed by atoms with E-state index in [9.17, 15) is 9.59 Å². The summed E-state index contributed by atoms with van der Waals surface area (Å²) in [6, 6.07) is 1.70. The molecule has 0 saturated carbocycles. The van der Waals surface area contributed by atoms with E-state index in [2.05, 4.69) is 10.3 Å². The zero-order chi connectivity index (χ0) is 13.0. The summed E-state index contributed by atoms with van der Waals surface area (Å²) < 4.78 is 0. The standard InChI is InChI=1S/C11H8N2O3S2/c14-8(15)2-1-7-3-5-17-9(7)10(16)13-11-12-4-6-18-11/h1-6H,(H,14,15)(H,12,13,16)/b2-1+. The average molecular weight is 280 g/mol. The van der Waals surface area contributed by atoms with E-state index < -0.39 is 5.97 Å².